The average molecular weight is 200 g/mol. The molecule has 4 heteroatoms. The first-order valence-corrected chi connectivity index (χ1v) is 4.88. The second-order valence-electron chi connectivity index (χ2n) is 2.79. The highest BCUT2D eigenvalue weighted by Crippen LogP contribution is 2.25. The molecular formula is C9H12O3S. The lowest BCUT2D eigenvalue weighted by Gasteiger charge is -2.17. The van der Waals surface area contributed by atoms with E-state index >= 15 is 0 Å². The van der Waals surface area contributed by atoms with Crippen LogP contribution in [-0.2, 0) is 9.53 Å². The first-order chi connectivity index (χ1) is 6.11. The van der Waals surface area contributed by atoms with Crippen LogP contribution >= 0.6 is 11.3 Å². The van der Waals surface area contributed by atoms with E-state index in [2.05, 4.69) is 0 Å². The molecule has 1 heterocycles. The van der Waals surface area contributed by atoms with Gasteiger partial charge in [0.15, 0.2) is 6.10 Å². The molecule has 0 saturated carbocycles. The zero-order chi connectivity index (χ0) is 9.84. The monoisotopic (exact) mass is 200 g/mol. The predicted molar refractivity (Wildman–Crippen MR) is 50.5 cm³/mol. The number of hydrogen-bond acceptors (Lipinski definition) is 4. The van der Waals surface area contributed by atoms with Crippen LogP contribution in [0.25, 0.3) is 0 Å². The summed E-state index contributed by atoms with van der Waals surface area (Å²) in [7, 11) is 0. The molecule has 0 unspecified atom stereocenters. The van der Waals surface area contributed by atoms with Gasteiger partial charge in [0.1, 0.15) is 0 Å². The van der Waals surface area contributed by atoms with Gasteiger partial charge in [-0.25, -0.2) is 0 Å². The summed E-state index contributed by atoms with van der Waals surface area (Å²) in [5.74, 6) is -0.376. The topological polar surface area (TPSA) is 46.5 Å². The largest absolute Gasteiger partial charge is 0.454 e. The third kappa shape index (κ3) is 2.82. The van der Waals surface area contributed by atoms with Crippen molar-refractivity contribution < 1.29 is 14.6 Å². The van der Waals surface area contributed by atoms with E-state index in [0.717, 1.165) is 4.88 Å². The van der Waals surface area contributed by atoms with Crippen LogP contribution in [0.1, 0.15) is 24.8 Å². The molecule has 13 heavy (non-hydrogen) atoms. The molecule has 0 radical (unpaired) electrons. The lowest BCUT2D eigenvalue weighted by molar-refractivity contribution is -0.152. The second-order valence-corrected chi connectivity index (χ2v) is 3.77. The molecule has 0 saturated heterocycles. The van der Waals surface area contributed by atoms with Gasteiger partial charge in [0.2, 0.25) is 0 Å². The molecule has 0 fully saturated rings. The molecule has 0 aromatic carbocycles. The minimum atomic E-state index is -0.678. The van der Waals surface area contributed by atoms with E-state index in [9.17, 15) is 9.90 Å². The van der Waals surface area contributed by atoms with E-state index in [-0.39, 0.29) is 5.97 Å². The van der Waals surface area contributed by atoms with E-state index in [0.29, 0.717) is 0 Å². The first kappa shape index (κ1) is 10.2. The minimum Gasteiger partial charge on any atom is -0.454 e. The van der Waals surface area contributed by atoms with Gasteiger partial charge in [0, 0.05) is 11.8 Å². The Morgan fingerprint density at radius 2 is 2.38 bits per heavy atom. The van der Waals surface area contributed by atoms with E-state index in [1.165, 1.54) is 18.3 Å². The summed E-state index contributed by atoms with van der Waals surface area (Å²) >= 11 is 1.46. The second kappa shape index (κ2) is 4.39. The van der Waals surface area contributed by atoms with E-state index in [4.69, 9.17) is 4.74 Å². The Morgan fingerprint density at radius 1 is 1.69 bits per heavy atom. The maximum absolute atomic E-state index is 10.7. The van der Waals surface area contributed by atoms with E-state index in [1.807, 2.05) is 17.5 Å². The molecule has 0 aliphatic heterocycles. The van der Waals surface area contributed by atoms with Crippen molar-refractivity contribution in [2.45, 2.75) is 26.1 Å². The fourth-order valence-corrected chi connectivity index (χ4v) is 1.88. The van der Waals surface area contributed by atoms with Crippen molar-refractivity contribution >= 4 is 17.3 Å². The molecule has 0 bridgehead atoms. The van der Waals surface area contributed by atoms with Gasteiger partial charge >= 0.3 is 5.97 Å². The summed E-state index contributed by atoms with van der Waals surface area (Å²) < 4.78 is 4.98. The summed E-state index contributed by atoms with van der Waals surface area (Å²) in [4.78, 5) is 11.6. The zero-order valence-electron chi connectivity index (χ0n) is 7.56. The van der Waals surface area contributed by atoms with Gasteiger partial charge in [0.25, 0.3) is 0 Å². The number of esters is 1. The standard InChI is InChI=1S/C9H12O3S/c1-6(10)9(12-7(2)11)8-4-3-5-13-8/h3-6,9-10H,1-2H3/t6-,9-/m1/s1. The average Bonchev–Trinajstić information content (AvgIpc) is 2.50. The van der Waals surface area contributed by atoms with Crippen molar-refractivity contribution in [2.75, 3.05) is 0 Å². The number of aliphatic hydroxyl groups excluding tert-OH is 1. The summed E-state index contributed by atoms with van der Waals surface area (Å²) in [6, 6.07) is 3.70. The van der Waals surface area contributed by atoms with Crippen molar-refractivity contribution in [3.63, 3.8) is 0 Å². The fraction of sp³-hybridized carbons (Fsp3) is 0.444. The smallest absolute Gasteiger partial charge is 0.303 e. The molecule has 1 aromatic rings. The summed E-state index contributed by atoms with van der Waals surface area (Å²) in [5.41, 5.74) is 0. The van der Waals surface area contributed by atoms with Crippen LogP contribution in [0, 0.1) is 0 Å². The Balaban J connectivity index is 2.74. The zero-order valence-corrected chi connectivity index (χ0v) is 8.38. The van der Waals surface area contributed by atoms with Crippen LogP contribution in [0.2, 0.25) is 0 Å². The maximum atomic E-state index is 10.7. The van der Waals surface area contributed by atoms with Crippen molar-refractivity contribution in [3.8, 4) is 0 Å². The van der Waals surface area contributed by atoms with Gasteiger partial charge in [-0.3, -0.25) is 4.79 Å². The van der Waals surface area contributed by atoms with Crippen molar-refractivity contribution in [3.05, 3.63) is 22.4 Å². The first-order valence-electron chi connectivity index (χ1n) is 4.00. The Morgan fingerprint density at radius 3 is 2.77 bits per heavy atom. The number of thiophene rings is 1. The molecular weight excluding hydrogens is 188 g/mol. The third-order valence-corrected chi connectivity index (χ3v) is 2.49. The SMILES string of the molecule is CC(=O)O[C@@H](c1cccs1)[C@@H](C)O. The van der Waals surface area contributed by atoms with Crippen LogP contribution in [-0.4, -0.2) is 17.2 Å². The number of hydrogen-bond donors (Lipinski definition) is 1. The molecule has 0 spiro atoms. The van der Waals surface area contributed by atoms with Crippen molar-refractivity contribution in [1.82, 2.24) is 0 Å². The molecule has 3 nitrogen and oxygen atoms in total. The third-order valence-electron chi connectivity index (χ3n) is 1.55. The molecule has 1 aromatic heterocycles. The van der Waals surface area contributed by atoms with E-state index < -0.39 is 12.2 Å². The van der Waals surface area contributed by atoms with Crippen LogP contribution in [0.15, 0.2) is 17.5 Å². The molecule has 0 aliphatic rings. The lowest BCUT2D eigenvalue weighted by atomic mass is 10.2. The van der Waals surface area contributed by atoms with Gasteiger partial charge in [-0.2, -0.15) is 0 Å². The summed E-state index contributed by atoms with van der Waals surface area (Å²) in [6.45, 7) is 2.94. The van der Waals surface area contributed by atoms with Crippen LogP contribution in [0.4, 0.5) is 0 Å². The van der Waals surface area contributed by atoms with Gasteiger partial charge in [-0.1, -0.05) is 6.07 Å². The van der Waals surface area contributed by atoms with Crippen molar-refractivity contribution in [2.24, 2.45) is 0 Å². The number of ether oxygens (including phenoxy) is 1. The summed E-state index contributed by atoms with van der Waals surface area (Å²) in [6.07, 6.45) is -1.21. The predicted octanol–water partition coefficient (Wildman–Crippen LogP) is 1.73. The molecule has 1 rings (SSSR count). The Bertz CT molecular complexity index is 266. The normalized spacial score (nSPS) is 15.0. The van der Waals surface area contributed by atoms with Gasteiger partial charge in [0.05, 0.1) is 6.10 Å². The quantitative estimate of drug-likeness (QED) is 0.756. The fourth-order valence-electron chi connectivity index (χ4n) is 1.03. The number of carbonyl (C=O) groups is 1. The Labute approximate surface area is 81.0 Å². The van der Waals surface area contributed by atoms with Gasteiger partial charge in [-0.05, 0) is 18.4 Å². The highest BCUT2D eigenvalue weighted by Gasteiger charge is 2.20. The highest BCUT2D eigenvalue weighted by molar-refractivity contribution is 7.10. The molecule has 1 N–H and O–H groups in total. The number of carbonyl (C=O) groups excluding carboxylic acids is 1. The van der Waals surface area contributed by atoms with E-state index in [1.54, 1.807) is 6.92 Å². The van der Waals surface area contributed by atoms with Crippen LogP contribution in [0.3, 0.4) is 0 Å². The van der Waals surface area contributed by atoms with Crippen LogP contribution < -0.4 is 0 Å². The molecule has 0 amide bonds. The Hall–Kier alpha value is -0.870. The number of rotatable bonds is 3. The van der Waals surface area contributed by atoms with Crippen LogP contribution in [0.5, 0.6) is 0 Å². The van der Waals surface area contributed by atoms with Crippen molar-refractivity contribution in [1.29, 1.82) is 0 Å². The maximum Gasteiger partial charge on any atom is 0.303 e. The molecule has 72 valence electrons. The highest BCUT2D eigenvalue weighted by atomic mass is 32.1. The molecule has 0 aliphatic carbocycles. The molecule has 2 atom stereocenters. The minimum absolute atomic E-state index is 0.376. The van der Waals surface area contributed by atoms with Gasteiger partial charge in [-0.15, -0.1) is 11.3 Å². The lowest BCUT2D eigenvalue weighted by Crippen LogP contribution is -2.19. The number of aliphatic hydroxyl groups is 1. The van der Waals surface area contributed by atoms with Gasteiger partial charge < -0.3 is 9.84 Å². The Kier molecular flexibility index (Phi) is 3.45. The summed E-state index contributed by atoms with van der Waals surface area (Å²) in [5, 5.41) is 11.2.